The van der Waals surface area contributed by atoms with E-state index in [4.69, 9.17) is 20.5 Å². The van der Waals surface area contributed by atoms with Crippen LogP contribution in [0, 0.1) is 13.8 Å². The van der Waals surface area contributed by atoms with Crippen LogP contribution in [0.1, 0.15) is 36.8 Å². The molecule has 0 saturated carbocycles. The van der Waals surface area contributed by atoms with E-state index in [0.29, 0.717) is 48.0 Å². The predicted octanol–water partition coefficient (Wildman–Crippen LogP) is 4.22. The zero-order valence-corrected chi connectivity index (χ0v) is 21.7. The second-order valence-corrected chi connectivity index (χ2v) is 7.93. The van der Waals surface area contributed by atoms with Crippen LogP contribution >= 0.6 is 35.6 Å². The highest BCUT2D eigenvalue weighted by Crippen LogP contribution is 2.27. The van der Waals surface area contributed by atoms with E-state index in [-0.39, 0.29) is 30.5 Å². The Bertz CT molecular complexity index is 1030. The fourth-order valence-corrected chi connectivity index (χ4v) is 3.31. The van der Waals surface area contributed by atoms with Gasteiger partial charge in [0.1, 0.15) is 17.1 Å². The molecule has 0 saturated heterocycles. The molecule has 2 aromatic heterocycles. The summed E-state index contributed by atoms with van der Waals surface area (Å²) >= 11 is 5.92. The first-order valence-corrected chi connectivity index (χ1v) is 10.6. The number of aliphatic imine (C=N–C) groups is 1. The van der Waals surface area contributed by atoms with Crippen LogP contribution in [0.5, 0.6) is 0 Å². The number of nitrogens with one attached hydrogen (secondary N) is 2. The molecule has 32 heavy (non-hydrogen) atoms. The Hall–Kier alpha value is -2.11. The number of aromatic nitrogens is 2. The number of halogens is 2. The van der Waals surface area contributed by atoms with Crippen molar-refractivity contribution in [1.82, 2.24) is 20.8 Å². The maximum Gasteiger partial charge on any atom is 0.228 e. The van der Waals surface area contributed by atoms with Gasteiger partial charge in [-0.2, -0.15) is 4.98 Å². The van der Waals surface area contributed by atoms with E-state index in [1.54, 1.807) is 19.1 Å². The molecule has 0 amide bonds. The number of aryl methyl sites for hydroxylation is 2. The first-order chi connectivity index (χ1) is 14.8. The van der Waals surface area contributed by atoms with Gasteiger partial charge >= 0.3 is 0 Å². The summed E-state index contributed by atoms with van der Waals surface area (Å²) in [6, 6.07) is 9.11. The Morgan fingerprint density at radius 2 is 1.94 bits per heavy atom. The third-order valence-electron chi connectivity index (χ3n) is 4.71. The zero-order chi connectivity index (χ0) is 22.4. The number of guanidine groups is 1. The van der Waals surface area contributed by atoms with Crippen LogP contribution in [-0.2, 0) is 12.0 Å². The molecular weight excluding hydrogens is 545 g/mol. The van der Waals surface area contributed by atoms with Crippen molar-refractivity contribution >= 4 is 41.5 Å². The van der Waals surface area contributed by atoms with E-state index in [9.17, 15) is 5.11 Å². The number of hydrogen-bond acceptors (Lipinski definition) is 6. The predicted molar refractivity (Wildman–Crippen MR) is 136 cm³/mol. The van der Waals surface area contributed by atoms with Crippen LogP contribution in [0.25, 0.3) is 11.4 Å². The van der Waals surface area contributed by atoms with E-state index >= 15 is 0 Å². The second kappa shape index (κ2) is 11.7. The van der Waals surface area contributed by atoms with Crippen LogP contribution in [0.2, 0.25) is 5.02 Å². The minimum atomic E-state index is -1.13. The number of hydrogen-bond donors (Lipinski definition) is 3. The van der Waals surface area contributed by atoms with Crippen molar-refractivity contribution in [2.45, 2.75) is 39.7 Å². The molecule has 0 radical (unpaired) electrons. The van der Waals surface area contributed by atoms with Crippen molar-refractivity contribution in [3.63, 3.8) is 0 Å². The fourth-order valence-electron chi connectivity index (χ4n) is 3.19. The van der Waals surface area contributed by atoms with Crippen molar-refractivity contribution in [3.8, 4) is 11.4 Å². The molecule has 0 bridgehead atoms. The van der Waals surface area contributed by atoms with E-state index < -0.39 is 5.60 Å². The van der Waals surface area contributed by atoms with Crippen LogP contribution in [0.3, 0.4) is 0 Å². The summed E-state index contributed by atoms with van der Waals surface area (Å²) in [6.45, 7) is 8.83. The van der Waals surface area contributed by atoms with E-state index in [1.807, 2.05) is 39.0 Å². The quantitative estimate of drug-likeness (QED) is 0.210. The molecule has 8 nitrogen and oxygen atoms in total. The van der Waals surface area contributed by atoms with Crippen molar-refractivity contribution in [3.05, 3.63) is 58.3 Å². The molecule has 3 aromatic rings. The van der Waals surface area contributed by atoms with Gasteiger partial charge in [0.25, 0.3) is 0 Å². The van der Waals surface area contributed by atoms with Crippen molar-refractivity contribution < 1.29 is 14.0 Å². The first kappa shape index (κ1) is 26.1. The molecule has 174 valence electrons. The minimum absolute atomic E-state index is 0. The summed E-state index contributed by atoms with van der Waals surface area (Å²) < 4.78 is 10.9. The summed E-state index contributed by atoms with van der Waals surface area (Å²) in [5.41, 5.74) is 0.448. The van der Waals surface area contributed by atoms with Crippen LogP contribution in [-0.4, -0.2) is 40.8 Å². The third kappa shape index (κ3) is 6.94. The molecule has 1 unspecified atom stereocenters. The second-order valence-electron chi connectivity index (χ2n) is 7.49. The standard InChI is InChI=1S/C22H28ClN5O3.HI/c1-5-24-21(26-13-22(4,29)18-12-14(2)30-15(18)3)25-11-10-19-27-20(28-31-19)16-6-8-17(23)9-7-16;/h6-9,12,29H,5,10-11,13H2,1-4H3,(H2,24,25,26);1H. The van der Waals surface area contributed by atoms with E-state index in [0.717, 1.165) is 16.9 Å². The Morgan fingerprint density at radius 3 is 2.56 bits per heavy atom. The topological polar surface area (TPSA) is 109 Å². The van der Waals surface area contributed by atoms with Gasteiger partial charge in [0.15, 0.2) is 5.96 Å². The molecule has 0 aliphatic heterocycles. The summed E-state index contributed by atoms with van der Waals surface area (Å²) in [6.07, 6.45) is 0.529. The number of rotatable bonds is 8. The molecule has 10 heteroatoms. The molecule has 0 aliphatic carbocycles. The lowest BCUT2D eigenvalue weighted by molar-refractivity contribution is 0.0657. The lowest BCUT2D eigenvalue weighted by Gasteiger charge is -2.21. The van der Waals surface area contributed by atoms with Crippen LogP contribution in [0.15, 0.2) is 44.3 Å². The fraction of sp³-hybridized carbons (Fsp3) is 0.409. The zero-order valence-electron chi connectivity index (χ0n) is 18.6. The Labute approximate surface area is 209 Å². The Balaban J connectivity index is 0.00000363. The molecule has 1 aromatic carbocycles. The molecule has 0 fully saturated rings. The van der Waals surface area contributed by atoms with Gasteiger partial charge in [-0.15, -0.1) is 24.0 Å². The smallest absolute Gasteiger partial charge is 0.228 e. The monoisotopic (exact) mass is 573 g/mol. The summed E-state index contributed by atoms with van der Waals surface area (Å²) in [7, 11) is 0. The van der Waals surface area contributed by atoms with Gasteiger partial charge in [0, 0.05) is 35.7 Å². The Morgan fingerprint density at radius 1 is 1.22 bits per heavy atom. The first-order valence-electron chi connectivity index (χ1n) is 10.2. The molecule has 3 rings (SSSR count). The highest BCUT2D eigenvalue weighted by molar-refractivity contribution is 14.0. The largest absolute Gasteiger partial charge is 0.466 e. The van der Waals surface area contributed by atoms with E-state index in [2.05, 4.69) is 25.8 Å². The summed E-state index contributed by atoms with van der Waals surface area (Å²) in [4.78, 5) is 8.95. The van der Waals surface area contributed by atoms with Crippen molar-refractivity contribution in [2.75, 3.05) is 19.6 Å². The number of nitrogens with zero attached hydrogens (tertiary/aromatic N) is 3. The summed E-state index contributed by atoms with van der Waals surface area (Å²) in [5.74, 6) is 3.10. The maximum atomic E-state index is 10.9. The lowest BCUT2D eigenvalue weighted by atomic mass is 9.96. The van der Waals surface area contributed by atoms with Crippen LogP contribution < -0.4 is 10.6 Å². The van der Waals surface area contributed by atoms with E-state index in [1.165, 1.54) is 0 Å². The number of furan rings is 1. The van der Waals surface area contributed by atoms with Gasteiger partial charge in [-0.05, 0) is 58.0 Å². The van der Waals surface area contributed by atoms with Crippen molar-refractivity contribution in [1.29, 1.82) is 0 Å². The maximum absolute atomic E-state index is 10.9. The van der Waals surface area contributed by atoms with Gasteiger partial charge in [-0.1, -0.05) is 16.8 Å². The number of benzene rings is 1. The van der Waals surface area contributed by atoms with Crippen molar-refractivity contribution in [2.24, 2.45) is 4.99 Å². The summed E-state index contributed by atoms with van der Waals surface area (Å²) in [5, 5.41) is 21.9. The van der Waals surface area contributed by atoms with Gasteiger partial charge in [0.05, 0.1) is 6.54 Å². The molecule has 1 atom stereocenters. The third-order valence-corrected chi connectivity index (χ3v) is 4.96. The normalized spacial score (nSPS) is 13.4. The molecule has 0 spiro atoms. The highest BCUT2D eigenvalue weighted by atomic mass is 127. The highest BCUT2D eigenvalue weighted by Gasteiger charge is 2.27. The average Bonchev–Trinajstić information content (AvgIpc) is 3.33. The van der Waals surface area contributed by atoms with Gasteiger partial charge < -0.3 is 24.7 Å². The molecule has 3 N–H and O–H groups in total. The van der Waals surface area contributed by atoms with Crippen LogP contribution in [0.4, 0.5) is 0 Å². The SMILES string of the molecule is CCNC(=NCC(C)(O)c1cc(C)oc1C)NCCc1nc(-c2ccc(Cl)cc2)no1.I. The lowest BCUT2D eigenvalue weighted by Crippen LogP contribution is -2.39. The molecule has 0 aliphatic rings. The number of aliphatic hydroxyl groups is 1. The van der Waals surface area contributed by atoms with Gasteiger partial charge in [-0.25, -0.2) is 4.99 Å². The average molecular weight is 574 g/mol. The van der Waals surface area contributed by atoms with Gasteiger partial charge in [0.2, 0.25) is 11.7 Å². The molecular formula is C22H29ClIN5O3. The van der Waals surface area contributed by atoms with Gasteiger partial charge in [-0.3, -0.25) is 0 Å². The molecule has 2 heterocycles. The Kier molecular flexibility index (Phi) is 9.53. The minimum Gasteiger partial charge on any atom is -0.466 e.